The standard InChI is InChI=1S/C23H16BrIN2O2/c24-19-9-7-16(8-10-19)15-29-22-6-1-3-17(12-22)11-18(14-26)23(28)27-21-5-2-4-20(25)13-21/h1-13H,15H2,(H,27,28)/b18-11+. The molecule has 0 bridgehead atoms. The van der Waals surface area contributed by atoms with E-state index in [0.29, 0.717) is 23.6 Å². The predicted octanol–water partition coefficient (Wildman–Crippen LogP) is 6.18. The van der Waals surface area contributed by atoms with Crippen LogP contribution in [0.3, 0.4) is 0 Å². The van der Waals surface area contributed by atoms with Gasteiger partial charge in [0.2, 0.25) is 0 Å². The van der Waals surface area contributed by atoms with E-state index in [4.69, 9.17) is 4.74 Å². The average Bonchev–Trinajstić information content (AvgIpc) is 2.72. The molecule has 0 radical (unpaired) electrons. The number of hydrogen-bond donors (Lipinski definition) is 1. The number of anilines is 1. The van der Waals surface area contributed by atoms with Crippen LogP contribution in [0.4, 0.5) is 5.69 Å². The summed E-state index contributed by atoms with van der Waals surface area (Å²) in [5.41, 5.74) is 2.43. The second-order valence-electron chi connectivity index (χ2n) is 6.12. The number of rotatable bonds is 6. The third-order valence-electron chi connectivity index (χ3n) is 3.94. The van der Waals surface area contributed by atoms with E-state index >= 15 is 0 Å². The van der Waals surface area contributed by atoms with Gasteiger partial charge in [0.15, 0.2) is 0 Å². The molecule has 0 fully saturated rings. The van der Waals surface area contributed by atoms with Gasteiger partial charge in [-0.1, -0.05) is 46.3 Å². The first-order chi connectivity index (χ1) is 14.0. The molecule has 0 spiro atoms. The maximum absolute atomic E-state index is 12.4. The zero-order chi connectivity index (χ0) is 20.6. The fourth-order valence-electron chi connectivity index (χ4n) is 2.52. The van der Waals surface area contributed by atoms with Crippen molar-refractivity contribution in [3.63, 3.8) is 0 Å². The molecule has 3 aromatic rings. The fourth-order valence-corrected chi connectivity index (χ4v) is 3.33. The molecular formula is C23H16BrIN2O2. The number of nitrogens with zero attached hydrogens (tertiary/aromatic N) is 1. The van der Waals surface area contributed by atoms with Gasteiger partial charge >= 0.3 is 0 Å². The number of benzene rings is 3. The molecule has 0 saturated heterocycles. The van der Waals surface area contributed by atoms with Crippen LogP contribution in [0.1, 0.15) is 11.1 Å². The van der Waals surface area contributed by atoms with Crippen LogP contribution in [0.15, 0.2) is 82.8 Å². The number of hydrogen-bond acceptors (Lipinski definition) is 3. The molecule has 0 heterocycles. The molecule has 0 aliphatic rings. The van der Waals surface area contributed by atoms with Crippen molar-refractivity contribution < 1.29 is 9.53 Å². The third kappa shape index (κ3) is 6.44. The molecule has 0 aliphatic heterocycles. The lowest BCUT2D eigenvalue weighted by Gasteiger charge is -2.08. The van der Waals surface area contributed by atoms with E-state index in [0.717, 1.165) is 13.6 Å². The highest BCUT2D eigenvalue weighted by Gasteiger charge is 2.10. The number of halogens is 2. The van der Waals surface area contributed by atoms with Gasteiger partial charge in [0, 0.05) is 13.7 Å². The first-order valence-corrected chi connectivity index (χ1v) is 10.6. The number of nitriles is 1. The number of amides is 1. The molecule has 0 saturated carbocycles. The van der Waals surface area contributed by atoms with Crippen LogP contribution in [0.2, 0.25) is 0 Å². The van der Waals surface area contributed by atoms with E-state index < -0.39 is 5.91 Å². The Morgan fingerprint density at radius 2 is 1.86 bits per heavy atom. The first kappa shape index (κ1) is 21.1. The van der Waals surface area contributed by atoms with Gasteiger partial charge in [0.05, 0.1) is 0 Å². The van der Waals surface area contributed by atoms with Gasteiger partial charge in [-0.05, 0) is 82.3 Å². The normalized spacial score (nSPS) is 10.9. The predicted molar refractivity (Wildman–Crippen MR) is 126 cm³/mol. The summed E-state index contributed by atoms with van der Waals surface area (Å²) in [4.78, 5) is 12.4. The van der Waals surface area contributed by atoms with Gasteiger partial charge in [-0.2, -0.15) is 5.26 Å². The average molecular weight is 559 g/mol. The molecule has 0 aliphatic carbocycles. The van der Waals surface area contributed by atoms with E-state index in [1.807, 2.05) is 66.7 Å². The molecule has 144 valence electrons. The highest BCUT2D eigenvalue weighted by molar-refractivity contribution is 14.1. The van der Waals surface area contributed by atoms with Crippen molar-refractivity contribution in [2.24, 2.45) is 0 Å². The second-order valence-corrected chi connectivity index (χ2v) is 8.28. The Hall–Kier alpha value is -2.63. The van der Waals surface area contributed by atoms with Gasteiger partial charge < -0.3 is 10.1 Å². The van der Waals surface area contributed by atoms with E-state index in [1.165, 1.54) is 0 Å². The fraction of sp³-hybridized carbons (Fsp3) is 0.0435. The van der Waals surface area contributed by atoms with E-state index in [9.17, 15) is 10.1 Å². The van der Waals surface area contributed by atoms with Crippen LogP contribution < -0.4 is 10.1 Å². The largest absolute Gasteiger partial charge is 0.489 e. The lowest BCUT2D eigenvalue weighted by atomic mass is 10.1. The van der Waals surface area contributed by atoms with Gasteiger partial charge in [0.25, 0.3) is 5.91 Å². The quantitative estimate of drug-likeness (QED) is 0.223. The van der Waals surface area contributed by atoms with Gasteiger partial charge in [-0.3, -0.25) is 4.79 Å². The zero-order valence-corrected chi connectivity index (χ0v) is 19.0. The lowest BCUT2D eigenvalue weighted by molar-refractivity contribution is -0.112. The van der Waals surface area contributed by atoms with Crippen molar-refractivity contribution >= 4 is 56.2 Å². The molecule has 3 rings (SSSR count). The number of carbonyl (C=O) groups excluding carboxylic acids is 1. The summed E-state index contributed by atoms with van der Waals surface area (Å²) in [6.45, 7) is 0.429. The molecule has 3 aromatic carbocycles. The van der Waals surface area contributed by atoms with Crippen molar-refractivity contribution in [3.8, 4) is 11.8 Å². The van der Waals surface area contributed by atoms with Crippen LogP contribution in [0, 0.1) is 14.9 Å². The van der Waals surface area contributed by atoms with Gasteiger partial charge in [-0.15, -0.1) is 0 Å². The highest BCUT2D eigenvalue weighted by Crippen LogP contribution is 2.19. The van der Waals surface area contributed by atoms with Crippen molar-refractivity contribution in [1.82, 2.24) is 0 Å². The summed E-state index contributed by atoms with van der Waals surface area (Å²) >= 11 is 5.58. The summed E-state index contributed by atoms with van der Waals surface area (Å²) < 4.78 is 7.84. The molecule has 0 atom stereocenters. The zero-order valence-electron chi connectivity index (χ0n) is 15.2. The molecule has 1 N–H and O–H groups in total. The van der Waals surface area contributed by atoms with Crippen molar-refractivity contribution in [2.45, 2.75) is 6.61 Å². The monoisotopic (exact) mass is 558 g/mol. The SMILES string of the molecule is N#C/C(=C\c1cccc(OCc2ccc(Br)cc2)c1)C(=O)Nc1cccc(I)c1. The van der Waals surface area contributed by atoms with Gasteiger partial charge in [-0.25, -0.2) is 0 Å². The Balaban J connectivity index is 1.70. The first-order valence-electron chi connectivity index (χ1n) is 8.69. The molecular weight excluding hydrogens is 543 g/mol. The molecule has 6 heteroatoms. The Bertz CT molecular complexity index is 1090. The molecule has 4 nitrogen and oxygen atoms in total. The molecule has 0 aromatic heterocycles. The summed E-state index contributed by atoms with van der Waals surface area (Å²) in [7, 11) is 0. The summed E-state index contributed by atoms with van der Waals surface area (Å²) in [6.07, 6.45) is 1.55. The topological polar surface area (TPSA) is 62.1 Å². The maximum Gasteiger partial charge on any atom is 0.266 e. The Labute approximate surface area is 191 Å². The summed E-state index contributed by atoms with van der Waals surface area (Å²) in [5, 5.41) is 12.2. The highest BCUT2D eigenvalue weighted by atomic mass is 127. The molecule has 0 unspecified atom stereocenters. The number of ether oxygens (including phenoxy) is 1. The van der Waals surface area contributed by atoms with E-state index in [1.54, 1.807) is 18.2 Å². The van der Waals surface area contributed by atoms with Crippen molar-refractivity contribution in [2.75, 3.05) is 5.32 Å². The minimum Gasteiger partial charge on any atom is -0.489 e. The smallest absolute Gasteiger partial charge is 0.266 e. The van der Waals surface area contributed by atoms with E-state index in [2.05, 4.69) is 43.8 Å². The molecule has 29 heavy (non-hydrogen) atoms. The third-order valence-corrected chi connectivity index (χ3v) is 5.14. The Morgan fingerprint density at radius 3 is 2.59 bits per heavy atom. The van der Waals surface area contributed by atoms with Crippen LogP contribution in [0.25, 0.3) is 6.08 Å². The van der Waals surface area contributed by atoms with Crippen LogP contribution in [-0.2, 0) is 11.4 Å². The van der Waals surface area contributed by atoms with Crippen LogP contribution in [0.5, 0.6) is 5.75 Å². The van der Waals surface area contributed by atoms with E-state index in [-0.39, 0.29) is 5.57 Å². The summed E-state index contributed by atoms with van der Waals surface area (Å²) in [6, 6.07) is 24.5. The minimum atomic E-state index is -0.448. The molecule has 1 amide bonds. The summed E-state index contributed by atoms with van der Waals surface area (Å²) in [5.74, 6) is 0.215. The maximum atomic E-state index is 12.4. The number of nitrogens with one attached hydrogen (secondary N) is 1. The van der Waals surface area contributed by atoms with Crippen LogP contribution in [-0.4, -0.2) is 5.91 Å². The van der Waals surface area contributed by atoms with Crippen molar-refractivity contribution in [3.05, 3.63) is 97.5 Å². The Kier molecular flexibility index (Phi) is 7.44. The minimum absolute atomic E-state index is 0.0221. The van der Waals surface area contributed by atoms with Crippen molar-refractivity contribution in [1.29, 1.82) is 5.26 Å². The van der Waals surface area contributed by atoms with Gasteiger partial charge in [0.1, 0.15) is 24.0 Å². The second kappa shape index (κ2) is 10.2. The van der Waals surface area contributed by atoms with Crippen LogP contribution >= 0.6 is 38.5 Å². The lowest BCUT2D eigenvalue weighted by Crippen LogP contribution is -2.13. The number of carbonyl (C=O) groups is 1. The Morgan fingerprint density at radius 1 is 1.10 bits per heavy atom.